The molecular formula is C31H37N6O4Y3-3. The van der Waals surface area contributed by atoms with E-state index in [2.05, 4.69) is 20.6 Å². The van der Waals surface area contributed by atoms with E-state index in [1.807, 2.05) is 53.7 Å². The number of Topliss-reactive ketones (excluding diaryl/α,β-unsaturated/α-hetero) is 2. The molecule has 0 bridgehead atoms. The van der Waals surface area contributed by atoms with Crippen LogP contribution < -0.4 is 5.10 Å². The minimum absolute atomic E-state index is 0. The van der Waals surface area contributed by atoms with Crippen molar-refractivity contribution in [3.63, 3.8) is 0 Å². The third-order valence-corrected chi connectivity index (χ3v) is 4.16. The normalized spacial score (nSPS) is 7.89. The van der Waals surface area contributed by atoms with Gasteiger partial charge >= 0.3 is 0 Å². The van der Waals surface area contributed by atoms with Crippen LogP contribution in [0.15, 0.2) is 91.0 Å². The van der Waals surface area contributed by atoms with Gasteiger partial charge in [-0.1, -0.05) is 139 Å². The summed E-state index contributed by atoms with van der Waals surface area (Å²) in [4.78, 5) is 43.6. The van der Waals surface area contributed by atoms with Crippen molar-refractivity contribution in [3.05, 3.63) is 125 Å². The number of ketones is 3. The van der Waals surface area contributed by atoms with Gasteiger partial charge in [0.25, 0.3) is 0 Å². The zero-order valence-corrected chi connectivity index (χ0v) is 34.8. The number of aromatic nitrogens is 4. The van der Waals surface area contributed by atoms with Crippen LogP contribution in [0.5, 0.6) is 0 Å². The Hall–Kier alpha value is -1.81. The average Bonchev–Trinajstić information content (AvgIpc) is 3.60. The number of nitrogens with zero attached hydrogens (tertiary/aromatic N) is 5. The molecule has 3 radical (unpaired) electrons. The average molecular weight is 824 g/mol. The first-order valence-corrected chi connectivity index (χ1v) is 13.1. The smallest absolute Gasteiger partial charge is 0.210 e. The fourth-order valence-corrected chi connectivity index (χ4v) is 2.47. The Labute approximate surface area is 336 Å². The monoisotopic (exact) mass is 824 g/mol. The van der Waals surface area contributed by atoms with Crippen molar-refractivity contribution in [2.45, 2.75) is 48.5 Å². The van der Waals surface area contributed by atoms with Crippen molar-refractivity contribution in [3.8, 4) is 0 Å². The summed E-state index contributed by atoms with van der Waals surface area (Å²) in [7, 11) is 0. The molecule has 1 N–H and O–H groups in total. The summed E-state index contributed by atoms with van der Waals surface area (Å²) in [5.41, 5.74) is 7.69. The van der Waals surface area contributed by atoms with Crippen LogP contribution >= 0.6 is 0 Å². The Balaban J connectivity index is -0.000000155. The van der Waals surface area contributed by atoms with Crippen LogP contribution in [0.3, 0.4) is 0 Å². The first-order valence-electron chi connectivity index (χ1n) is 13.1. The SMILES string of the molecule is CC.CC.CC.CC(=[N-])C(=O)c1ccccc1.O=C(c1ccccc1)c1nnn[n-]1.[NH-]C(=O)C(=O)c1ccccc1.[Y].[Y].[Y]. The Morgan fingerprint density at radius 2 is 0.955 bits per heavy atom. The van der Waals surface area contributed by atoms with E-state index >= 15 is 0 Å². The molecule has 1 aromatic heterocycles. The third-order valence-electron chi connectivity index (χ3n) is 4.16. The topological polar surface area (TPSA) is 167 Å². The molecule has 227 valence electrons. The van der Waals surface area contributed by atoms with E-state index in [9.17, 15) is 19.2 Å². The Morgan fingerprint density at radius 1 is 0.614 bits per heavy atom. The van der Waals surface area contributed by atoms with Crippen LogP contribution in [0.25, 0.3) is 11.1 Å². The molecule has 0 aliphatic heterocycles. The first kappa shape index (κ1) is 51.8. The standard InChI is InChI=1S/C9H8NO.C8H6N4O.C8H7NO2.3C2H6.3Y/c1-7(10)9(11)8-5-3-2-4-6-8;13-7(8-9-11-12-10-8)6-4-2-1-3-5-6;9-8(11)7(10)6-4-2-1-3-5-6;3*1-2;;;/h2-6H,1H3;1-5H,(H,9,10,11,12,13);1-5H,(H2,9,11);3*1-2H3;;;/q-1;;;;;;;;/p-2. The fourth-order valence-electron chi connectivity index (χ4n) is 2.47. The predicted octanol–water partition coefficient (Wildman–Crippen LogP) is 6.48. The van der Waals surface area contributed by atoms with Crippen molar-refractivity contribution in [1.29, 1.82) is 0 Å². The van der Waals surface area contributed by atoms with Gasteiger partial charge in [-0.15, -0.1) is 5.71 Å². The van der Waals surface area contributed by atoms with Gasteiger partial charge in [0.1, 0.15) is 5.91 Å². The van der Waals surface area contributed by atoms with E-state index in [-0.39, 0.29) is 127 Å². The third kappa shape index (κ3) is 21.8. The molecule has 13 heteroatoms. The van der Waals surface area contributed by atoms with Crippen LogP contribution in [0.1, 0.15) is 85.4 Å². The summed E-state index contributed by atoms with van der Waals surface area (Å²) in [6, 6.07) is 25.5. The maximum absolute atomic E-state index is 11.5. The number of rotatable bonds is 6. The number of hydrogen-bond acceptors (Lipinski definition) is 7. The van der Waals surface area contributed by atoms with Crippen molar-refractivity contribution in [1.82, 2.24) is 20.6 Å². The summed E-state index contributed by atoms with van der Waals surface area (Å²) >= 11 is 0. The first-order chi connectivity index (χ1) is 19.8. The molecule has 3 aromatic carbocycles. The van der Waals surface area contributed by atoms with Crippen LogP contribution in [0.2, 0.25) is 0 Å². The molecule has 44 heavy (non-hydrogen) atoms. The van der Waals surface area contributed by atoms with Crippen LogP contribution in [0, 0.1) is 0 Å². The molecule has 4 aromatic rings. The summed E-state index contributed by atoms with van der Waals surface area (Å²) in [6.45, 7) is 13.4. The number of carbonyl (C=O) groups is 4. The van der Waals surface area contributed by atoms with Crippen LogP contribution in [0.4, 0.5) is 0 Å². The summed E-state index contributed by atoms with van der Waals surface area (Å²) in [5.74, 6) is -2.47. The number of tetrazole rings is 1. The van der Waals surface area contributed by atoms with Gasteiger partial charge in [-0.25, -0.2) is 0 Å². The minimum atomic E-state index is -1.17. The van der Waals surface area contributed by atoms with Gasteiger partial charge in [-0.2, -0.15) is 5.21 Å². The van der Waals surface area contributed by atoms with E-state index in [1.54, 1.807) is 66.7 Å². The fraction of sp³-hybridized carbons (Fsp3) is 0.226. The van der Waals surface area contributed by atoms with Gasteiger partial charge in [0.2, 0.25) is 5.78 Å². The molecule has 0 aliphatic carbocycles. The van der Waals surface area contributed by atoms with Crippen LogP contribution in [-0.4, -0.2) is 44.5 Å². The number of benzene rings is 3. The van der Waals surface area contributed by atoms with Crippen molar-refractivity contribution < 1.29 is 117 Å². The molecule has 0 fully saturated rings. The summed E-state index contributed by atoms with van der Waals surface area (Å²) in [6.07, 6.45) is 0. The summed E-state index contributed by atoms with van der Waals surface area (Å²) in [5, 5.41) is 22.3. The molecule has 0 saturated heterocycles. The second-order valence-electron chi connectivity index (χ2n) is 6.70. The molecule has 1 amide bonds. The van der Waals surface area contributed by atoms with E-state index < -0.39 is 11.7 Å². The molecule has 0 unspecified atom stereocenters. The Kier molecular flexibility index (Phi) is 40.1. The molecular weight excluding hydrogens is 787 g/mol. The maximum Gasteiger partial charge on any atom is 0.210 e. The van der Waals surface area contributed by atoms with Crippen molar-refractivity contribution in [2.75, 3.05) is 0 Å². The zero-order valence-electron chi connectivity index (χ0n) is 26.3. The molecule has 10 nitrogen and oxygen atoms in total. The van der Waals surface area contributed by atoms with Gasteiger partial charge in [0, 0.05) is 115 Å². The zero-order chi connectivity index (χ0) is 31.6. The largest absolute Gasteiger partial charge is 0.805 e. The van der Waals surface area contributed by atoms with Gasteiger partial charge in [-0.3, -0.25) is 24.7 Å². The molecule has 0 aliphatic rings. The molecule has 4 rings (SSSR count). The van der Waals surface area contributed by atoms with E-state index in [0.717, 1.165) is 0 Å². The molecule has 0 saturated carbocycles. The van der Waals surface area contributed by atoms with Crippen molar-refractivity contribution in [2.24, 2.45) is 0 Å². The summed E-state index contributed by atoms with van der Waals surface area (Å²) < 4.78 is 0. The number of hydrogen-bond donors (Lipinski definition) is 0. The molecule has 0 spiro atoms. The Bertz CT molecular complexity index is 1230. The minimum Gasteiger partial charge on any atom is -0.805 e. The molecule has 0 atom stereocenters. The predicted molar refractivity (Wildman–Crippen MR) is 162 cm³/mol. The van der Waals surface area contributed by atoms with E-state index in [0.29, 0.717) is 11.1 Å². The second kappa shape index (κ2) is 34.1. The van der Waals surface area contributed by atoms with Gasteiger partial charge < -0.3 is 21.0 Å². The number of nitrogens with one attached hydrogen (secondary N) is 1. The van der Waals surface area contributed by atoms with E-state index in [4.69, 9.17) is 11.1 Å². The maximum atomic E-state index is 11.5. The Morgan fingerprint density at radius 3 is 1.25 bits per heavy atom. The molecule has 1 heterocycles. The number of carbonyl (C=O) groups excluding carboxylic acids is 4. The van der Waals surface area contributed by atoms with Gasteiger partial charge in [0.05, 0.1) is 5.82 Å². The number of amides is 1. The van der Waals surface area contributed by atoms with Crippen LogP contribution in [-0.2, 0) is 103 Å². The quantitative estimate of drug-likeness (QED) is 0.121. The van der Waals surface area contributed by atoms with Gasteiger partial charge in [0.15, 0.2) is 11.6 Å². The second-order valence-corrected chi connectivity index (χ2v) is 6.70. The van der Waals surface area contributed by atoms with E-state index in [1.165, 1.54) is 19.1 Å². The van der Waals surface area contributed by atoms with Crippen molar-refractivity contribution >= 4 is 29.0 Å². The van der Waals surface area contributed by atoms with Gasteiger partial charge in [-0.05, 0) is 0 Å².